The molecule has 0 radical (unpaired) electrons. The maximum Gasteiger partial charge on any atom is 0.269 e. The fraction of sp³-hybridized carbons (Fsp3) is 0.0526. The van der Waals surface area contributed by atoms with Gasteiger partial charge in [0.2, 0.25) is 10.0 Å². The number of nitrogens with one attached hydrogen (secondary N) is 2. The summed E-state index contributed by atoms with van der Waals surface area (Å²) in [6, 6.07) is 15.8. The number of fused-ring (bicyclic) bond motifs is 1. The highest BCUT2D eigenvalue weighted by Crippen LogP contribution is 2.27. The van der Waals surface area contributed by atoms with Gasteiger partial charge >= 0.3 is 0 Å². The van der Waals surface area contributed by atoms with Gasteiger partial charge in [0.15, 0.2) is 5.65 Å². The van der Waals surface area contributed by atoms with Crippen LogP contribution in [0, 0.1) is 0 Å². The minimum Gasteiger partial charge on any atom is -0.340 e. The third-order valence-electron chi connectivity index (χ3n) is 4.42. The molecule has 0 aliphatic rings. The topological polar surface area (TPSA) is 123 Å². The van der Waals surface area contributed by atoms with E-state index in [0.717, 1.165) is 3.97 Å². The normalized spacial score (nSPS) is 12.2. The van der Waals surface area contributed by atoms with Crippen molar-refractivity contribution < 1.29 is 16.8 Å². The molecule has 154 valence electrons. The van der Waals surface area contributed by atoms with Crippen molar-refractivity contribution in [2.24, 2.45) is 0 Å². The molecule has 2 aromatic heterocycles. The summed E-state index contributed by atoms with van der Waals surface area (Å²) in [5.41, 5.74) is 0.681. The van der Waals surface area contributed by atoms with Crippen LogP contribution in [0.5, 0.6) is 0 Å². The molecule has 0 aliphatic heterocycles. The summed E-state index contributed by atoms with van der Waals surface area (Å²) in [7, 11) is -6.11. The Hall–Kier alpha value is -3.28. The Balaban J connectivity index is 1.76. The molecule has 0 amide bonds. The second kappa shape index (κ2) is 7.52. The SMILES string of the molecule is CNS(=O)(=O)c1cccc(Nc2ncnc3c2ccn3S(=O)(=O)c2ccccc2)c1. The molecule has 0 bridgehead atoms. The molecule has 2 heterocycles. The number of aromatic nitrogens is 3. The zero-order valence-electron chi connectivity index (χ0n) is 15.7. The van der Waals surface area contributed by atoms with Gasteiger partial charge in [-0.1, -0.05) is 24.3 Å². The molecule has 0 saturated carbocycles. The van der Waals surface area contributed by atoms with Crippen LogP contribution >= 0.6 is 0 Å². The third kappa shape index (κ3) is 3.54. The summed E-state index contributed by atoms with van der Waals surface area (Å²) >= 11 is 0. The first-order valence-electron chi connectivity index (χ1n) is 8.76. The van der Waals surface area contributed by atoms with Gasteiger partial charge in [-0.3, -0.25) is 0 Å². The van der Waals surface area contributed by atoms with E-state index in [2.05, 4.69) is 20.0 Å². The van der Waals surface area contributed by atoms with E-state index in [1.54, 1.807) is 36.4 Å². The van der Waals surface area contributed by atoms with E-state index >= 15 is 0 Å². The van der Waals surface area contributed by atoms with Gasteiger partial charge in [0.25, 0.3) is 10.0 Å². The van der Waals surface area contributed by atoms with Crippen molar-refractivity contribution in [1.82, 2.24) is 18.7 Å². The standard InChI is InChI=1S/C19H17N5O4S2/c1-20-29(25,26)16-9-5-6-14(12-16)23-18-17-10-11-24(19(17)22-13-21-18)30(27,28)15-7-3-2-4-8-15/h2-13,20H,1H3,(H,21,22,23). The molecule has 0 atom stereocenters. The molecule has 11 heteroatoms. The minimum absolute atomic E-state index is 0.0875. The van der Waals surface area contributed by atoms with E-state index in [1.165, 1.54) is 43.8 Å². The van der Waals surface area contributed by atoms with Gasteiger partial charge in [0.05, 0.1) is 15.2 Å². The molecule has 2 N–H and O–H groups in total. The molecule has 30 heavy (non-hydrogen) atoms. The first-order valence-corrected chi connectivity index (χ1v) is 11.7. The summed E-state index contributed by atoms with van der Waals surface area (Å²) in [4.78, 5) is 8.55. The minimum atomic E-state index is -3.83. The summed E-state index contributed by atoms with van der Waals surface area (Å²) in [5, 5.41) is 3.51. The van der Waals surface area contributed by atoms with E-state index in [-0.39, 0.29) is 15.4 Å². The van der Waals surface area contributed by atoms with Crippen LogP contribution in [0.25, 0.3) is 11.0 Å². The van der Waals surface area contributed by atoms with E-state index in [9.17, 15) is 16.8 Å². The lowest BCUT2D eigenvalue weighted by atomic mass is 10.3. The Labute approximate surface area is 173 Å². The van der Waals surface area contributed by atoms with Crippen LogP contribution in [0.3, 0.4) is 0 Å². The lowest BCUT2D eigenvalue weighted by Gasteiger charge is -2.10. The van der Waals surface area contributed by atoms with Crippen molar-refractivity contribution in [3.05, 3.63) is 73.2 Å². The van der Waals surface area contributed by atoms with Crippen molar-refractivity contribution in [1.29, 1.82) is 0 Å². The second-order valence-corrected chi connectivity index (χ2v) is 9.95. The maximum atomic E-state index is 13.0. The summed E-state index contributed by atoms with van der Waals surface area (Å²) < 4.78 is 53.4. The smallest absolute Gasteiger partial charge is 0.269 e. The van der Waals surface area contributed by atoms with Crippen LogP contribution < -0.4 is 10.0 Å². The molecular weight excluding hydrogens is 426 g/mol. The highest BCUT2D eigenvalue weighted by Gasteiger charge is 2.21. The maximum absolute atomic E-state index is 13.0. The van der Waals surface area contributed by atoms with Crippen molar-refractivity contribution >= 4 is 42.6 Å². The molecule has 4 rings (SSSR count). The van der Waals surface area contributed by atoms with Gasteiger partial charge in [-0.15, -0.1) is 0 Å². The Bertz CT molecular complexity index is 1430. The van der Waals surface area contributed by atoms with E-state index in [0.29, 0.717) is 16.9 Å². The van der Waals surface area contributed by atoms with Gasteiger partial charge in [-0.05, 0) is 43.4 Å². The number of hydrogen-bond donors (Lipinski definition) is 2. The predicted molar refractivity (Wildman–Crippen MR) is 113 cm³/mol. The molecule has 0 fully saturated rings. The van der Waals surface area contributed by atoms with Crippen LogP contribution in [-0.2, 0) is 20.0 Å². The quantitative estimate of drug-likeness (QED) is 0.469. The second-order valence-electron chi connectivity index (χ2n) is 6.25. The highest BCUT2D eigenvalue weighted by atomic mass is 32.2. The first kappa shape index (κ1) is 20.0. The zero-order chi connectivity index (χ0) is 21.4. The van der Waals surface area contributed by atoms with Crippen molar-refractivity contribution in [3.63, 3.8) is 0 Å². The Morgan fingerprint density at radius 1 is 0.867 bits per heavy atom. The van der Waals surface area contributed by atoms with Crippen molar-refractivity contribution in [3.8, 4) is 0 Å². The molecule has 0 saturated heterocycles. The number of sulfonamides is 1. The monoisotopic (exact) mass is 443 g/mol. The first-order chi connectivity index (χ1) is 14.3. The number of nitrogens with zero attached hydrogens (tertiary/aromatic N) is 3. The molecular formula is C19H17N5O4S2. The van der Waals surface area contributed by atoms with Gasteiger partial charge in [0.1, 0.15) is 12.1 Å². The number of hydrogen-bond acceptors (Lipinski definition) is 7. The third-order valence-corrected chi connectivity index (χ3v) is 7.52. The van der Waals surface area contributed by atoms with Gasteiger partial charge in [0, 0.05) is 11.9 Å². The number of rotatable bonds is 6. The van der Waals surface area contributed by atoms with Crippen molar-refractivity contribution in [2.45, 2.75) is 9.79 Å². The average Bonchev–Trinajstić information content (AvgIpc) is 3.21. The largest absolute Gasteiger partial charge is 0.340 e. The van der Waals surface area contributed by atoms with Crippen molar-refractivity contribution in [2.75, 3.05) is 12.4 Å². The van der Waals surface area contributed by atoms with E-state index < -0.39 is 20.0 Å². The van der Waals surface area contributed by atoms with E-state index in [4.69, 9.17) is 0 Å². The average molecular weight is 444 g/mol. The fourth-order valence-electron chi connectivity index (χ4n) is 2.92. The zero-order valence-corrected chi connectivity index (χ0v) is 17.4. The highest BCUT2D eigenvalue weighted by molar-refractivity contribution is 7.90. The summed E-state index contributed by atoms with van der Waals surface area (Å²) in [6.45, 7) is 0. The lowest BCUT2D eigenvalue weighted by molar-refractivity contribution is 0.586. The summed E-state index contributed by atoms with van der Waals surface area (Å²) in [5.74, 6) is 0.348. The number of anilines is 2. The van der Waals surface area contributed by atoms with Crippen LogP contribution in [0.1, 0.15) is 0 Å². The predicted octanol–water partition coefficient (Wildman–Crippen LogP) is 2.32. The molecule has 0 aliphatic carbocycles. The van der Waals surface area contributed by atoms with Crippen LogP contribution in [0.4, 0.5) is 11.5 Å². The Morgan fingerprint density at radius 3 is 2.33 bits per heavy atom. The molecule has 2 aromatic carbocycles. The van der Waals surface area contributed by atoms with Crippen LogP contribution in [0.2, 0.25) is 0 Å². The molecule has 0 unspecified atom stereocenters. The summed E-state index contributed by atoms with van der Waals surface area (Å²) in [6.07, 6.45) is 2.66. The number of benzene rings is 2. The van der Waals surface area contributed by atoms with Gasteiger partial charge < -0.3 is 5.32 Å². The molecule has 4 aromatic rings. The van der Waals surface area contributed by atoms with Crippen LogP contribution in [-0.4, -0.2) is 37.8 Å². The Kier molecular flexibility index (Phi) is 5.02. The van der Waals surface area contributed by atoms with Gasteiger partial charge in [-0.25, -0.2) is 35.5 Å². The van der Waals surface area contributed by atoms with Gasteiger partial charge in [-0.2, -0.15) is 0 Å². The Morgan fingerprint density at radius 2 is 1.60 bits per heavy atom. The van der Waals surface area contributed by atoms with Crippen LogP contribution in [0.15, 0.2) is 83.0 Å². The molecule has 0 spiro atoms. The fourth-order valence-corrected chi connectivity index (χ4v) is 5.02. The van der Waals surface area contributed by atoms with E-state index in [1.807, 2.05) is 0 Å². The molecule has 9 nitrogen and oxygen atoms in total. The lowest BCUT2D eigenvalue weighted by Crippen LogP contribution is -2.18.